The number of allylic oxidation sites excluding steroid dienone is 1. The molecule has 2 N–H and O–H groups in total. The molecule has 1 rings (SSSR count). The zero-order valence-corrected chi connectivity index (χ0v) is 13.2. The Morgan fingerprint density at radius 1 is 1.17 bits per heavy atom. The molecule has 0 amide bonds. The van der Waals surface area contributed by atoms with Gasteiger partial charge in [0.25, 0.3) is 10.1 Å². The highest BCUT2D eigenvalue weighted by molar-refractivity contribution is 7.85. The van der Waals surface area contributed by atoms with Gasteiger partial charge in [-0.1, -0.05) is 25.3 Å². The maximum absolute atomic E-state index is 11.7. The van der Waals surface area contributed by atoms with Crippen LogP contribution in [0.25, 0.3) is 6.08 Å². The van der Waals surface area contributed by atoms with Crippen LogP contribution in [-0.4, -0.2) is 30.0 Å². The van der Waals surface area contributed by atoms with Gasteiger partial charge in [0.2, 0.25) is 0 Å². The highest BCUT2D eigenvalue weighted by atomic mass is 32.2. The fourth-order valence-corrected chi connectivity index (χ4v) is 2.01. The molecule has 0 heterocycles. The van der Waals surface area contributed by atoms with Gasteiger partial charge in [-0.25, -0.2) is 9.59 Å². The molecule has 23 heavy (non-hydrogen) atoms. The second-order valence-electron chi connectivity index (χ2n) is 3.90. The van der Waals surface area contributed by atoms with Crippen molar-refractivity contribution < 1.29 is 32.4 Å². The van der Waals surface area contributed by atoms with Crippen molar-refractivity contribution in [2.24, 2.45) is 0 Å². The summed E-state index contributed by atoms with van der Waals surface area (Å²) in [5.41, 5.74) is -1.00. The molecule has 1 aromatic carbocycles. The van der Waals surface area contributed by atoms with E-state index in [1.807, 2.05) is 6.92 Å². The van der Waals surface area contributed by atoms with E-state index < -0.39 is 32.5 Å². The van der Waals surface area contributed by atoms with Gasteiger partial charge in [-0.2, -0.15) is 8.42 Å². The summed E-state index contributed by atoms with van der Waals surface area (Å²) >= 11 is 0. The average molecular weight is 340 g/mol. The number of benzene rings is 1. The Balaban J connectivity index is 0.00000149. The van der Waals surface area contributed by atoms with E-state index in [4.69, 9.17) is 9.66 Å². The summed E-state index contributed by atoms with van der Waals surface area (Å²) in [6, 6.07) is 1.52. The molecule has 0 aliphatic heterocycles. The van der Waals surface area contributed by atoms with Crippen molar-refractivity contribution in [3.05, 3.63) is 60.9 Å². The average Bonchev–Trinajstić information content (AvgIpc) is 2.45. The van der Waals surface area contributed by atoms with Crippen LogP contribution in [-0.2, 0) is 14.9 Å². The first-order valence-electron chi connectivity index (χ1n) is 6.04. The van der Waals surface area contributed by atoms with E-state index >= 15 is 0 Å². The number of carboxylic acids is 1. The largest absolute Gasteiger partial charge is 0.478 e. The highest BCUT2D eigenvalue weighted by Gasteiger charge is 2.23. The summed E-state index contributed by atoms with van der Waals surface area (Å²) in [6.07, 6.45) is 3.62. The molecule has 1 aromatic rings. The standard InChI is InChI=1S/C12H10O7S.C3H6/c1-3-8-9(11(13)14)5-7(20(16,17)18)6-10(8)12(15)19-4-2;1-3-2/h3-6H,1-2H2,(H,13,14)(H,16,17,18);3H,1H2,2H3. The Morgan fingerprint density at radius 3 is 2.00 bits per heavy atom. The highest BCUT2D eigenvalue weighted by Crippen LogP contribution is 2.23. The third-order valence-electron chi connectivity index (χ3n) is 2.30. The van der Waals surface area contributed by atoms with Gasteiger partial charge in [0, 0.05) is 5.56 Å². The van der Waals surface area contributed by atoms with Gasteiger partial charge in [-0.05, 0) is 19.1 Å². The monoisotopic (exact) mass is 340 g/mol. The number of carbonyl (C=O) groups is 2. The minimum absolute atomic E-state index is 0.128. The second-order valence-corrected chi connectivity index (χ2v) is 5.32. The molecule has 0 saturated carbocycles. The normalized spacial score (nSPS) is 9.83. The van der Waals surface area contributed by atoms with Gasteiger partial charge in [0.05, 0.1) is 22.3 Å². The fraction of sp³-hybridized carbons (Fsp3) is 0.0667. The minimum Gasteiger partial charge on any atom is -0.478 e. The molecule has 0 spiro atoms. The quantitative estimate of drug-likeness (QED) is 0.366. The molecule has 0 radical (unpaired) electrons. The van der Waals surface area contributed by atoms with Gasteiger partial charge in [-0.15, -0.1) is 6.58 Å². The Bertz CT molecular complexity index is 745. The number of rotatable bonds is 5. The number of aromatic carboxylic acids is 1. The summed E-state index contributed by atoms with van der Waals surface area (Å²) in [6.45, 7) is 11.8. The molecule has 0 bridgehead atoms. The molecule has 8 heteroatoms. The Kier molecular flexibility index (Phi) is 7.64. The Morgan fingerprint density at radius 2 is 1.65 bits per heavy atom. The Hall–Kier alpha value is -2.71. The topological polar surface area (TPSA) is 118 Å². The van der Waals surface area contributed by atoms with Crippen LogP contribution in [0.5, 0.6) is 0 Å². The van der Waals surface area contributed by atoms with Crippen LogP contribution in [0.1, 0.15) is 33.2 Å². The van der Waals surface area contributed by atoms with Crippen LogP contribution in [0, 0.1) is 0 Å². The van der Waals surface area contributed by atoms with E-state index in [1.165, 1.54) is 0 Å². The van der Waals surface area contributed by atoms with E-state index in [1.54, 1.807) is 6.08 Å². The van der Waals surface area contributed by atoms with Crippen LogP contribution in [0.4, 0.5) is 0 Å². The lowest BCUT2D eigenvalue weighted by molar-refractivity contribution is 0.0663. The van der Waals surface area contributed by atoms with Gasteiger partial charge < -0.3 is 9.84 Å². The Labute approximate surface area is 134 Å². The van der Waals surface area contributed by atoms with Crippen molar-refractivity contribution in [2.45, 2.75) is 11.8 Å². The molecule has 0 fully saturated rings. The first-order valence-corrected chi connectivity index (χ1v) is 7.48. The van der Waals surface area contributed by atoms with E-state index in [-0.39, 0.29) is 11.1 Å². The van der Waals surface area contributed by atoms with Gasteiger partial charge in [-0.3, -0.25) is 4.55 Å². The SMILES string of the molecule is C=CC.C=COC(=O)c1cc(S(=O)(=O)O)cc(C(=O)O)c1C=C. The number of ether oxygens (including phenoxy) is 1. The van der Waals surface area contributed by atoms with Gasteiger partial charge in [0.1, 0.15) is 0 Å². The number of hydrogen-bond acceptors (Lipinski definition) is 5. The maximum atomic E-state index is 11.7. The second kappa shape index (κ2) is 8.66. The van der Waals surface area contributed by atoms with E-state index in [0.717, 1.165) is 24.5 Å². The van der Waals surface area contributed by atoms with E-state index in [9.17, 15) is 18.0 Å². The molecular formula is C15H16O7S. The smallest absolute Gasteiger partial charge is 0.343 e. The van der Waals surface area contributed by atoms with Crippen molar-refractivity contribution in [1.29, 1.82) is 0 Å². The summed E-state index contributed by atoms with van der Waals surface area (Å²) in [7, 11) is -4.69. The number of esters is 1. The predicted molar refractivity (Wildman–Crippen MR) is 84.8 cm³/mol. The third kappa shape index (κ3) is 5.53. The summed E-state index contributed by atoms with van der Waals surface area (Å²) in [5, 5.41) is 9.03. The lowest BCUT2D eigenvalue weighted by atomic mass is 10.0. The van der Waals surface area contributed by atoms with E-state index in [0.29, 0.717) is 0 Å². The molecule has 0 aliphatic rings. The number of hydrogen-bond donors (Lipinski definition) is 2. The van der Waals surface area contributed by atoms with Crippen LogP contribution in [0.3, 0.4) is 0 Å². The summed E-state index contributed by atoms with van der Waals surface area (Å²) in [4.78, 5) is 22.0. The molecule has 0 saturated heterocycles. The maximum Gasteiger partial charge on any atom is 0.343 e. The van der Waals surface area contributed by atoms with Crippen LogP contribution >= 0.6 is 0 Å². The first kappa shape index (κ1) is 20.3. The van der Waals surface area contributed by atoms with Crippen molar-refractivity contribution in [3.63, 3.8) is 0 Å². The zero-order valence-electron chi connectivity index (χ0n) is 12.4. The molecule has 0 atom stereocenters. The third-order valence-corrected chi connectivity index (χ3v) is 3.13. The lowest BCUT2D eigenvalue weighted by Gasteiger charge is -2.09. The van der Waals surface area contributed by atoms with Crippen molar-refractivity contribution in [2.75, 3.05) is 0 Å². The summed E-state index contributed by atoms with van der Waals surface area (Å²) < 4.78 is 35.7. The van der Waals surface area contributed by atoms with Crippen LogP contribution in [0.2, 0.25) is 0 Å². The number of carbonyl (C=O) groups excluding carboxylic acids is 1. The molecule has 0 aliphatic carbocycles. The predicted octanol–water partition coefficient (Wildman–Crippen LogP) is 2.77. The minimum atomic E-state index is -4.69. The van der Waals surface area contributed by atoms with Crippen molar-refractivity contribution in [1.82, 2.24) is 0 Å². The molecule has 0 unspecified atom stereocenters. The molecule has 124 valence electrons. The first-order chi connectivity index (χ1) is 10.6. The van der Waals surface area contributed by atoms with Crippen molar-refractivity contribution in [3.8, 4) is 0 Å². The van der Waals surface area contributed by atoms with E-state index in [2.05, 4.69) is 24.5 Å². The molecule has 0 aromatic heterocycles. The van der Waals surface area contributed by atoms with Gasteiger partial charge in [0.15, 0.2) is 0 Å². The van der Waals surface area contributed by atoms with Crippen molar-refractivity contribution >= 4 is 28.1 Å². The zero-order chi connectivity index (χ0) is 18.2. The molecular weight excluding hydrogens is 324 g/mol. The van der Waals surface area contributed by atoms with Crippen LogP contribution < -0.4 is 0 Å². The van der Waals surface area contributed by atoms with Crippen LogP contribution in [0.15, 0.2) is 49.1 Å². The molecule has 7 nitrogen and oxygen atoms in total. The lowest BCUT2D eigenvalue weighted by Crippen LogP contribution is -2.12. The summed E-state index contributed by atoms with van der Waals surface area (Å²) in [5.74, 6) is -2.51. The number of carboxylic acid groups (broad SMARTS) is 1. The van der Waals surface area contributed by atoms with Gasteiger partial charge >= 0.3 is 11.9 Å². The fourth-order valence-electron chi connectivity index (χ4n) is 1.48.